The van der Waals surface area contributed by atoms with Crippen LogP contribution in [0.3, 0.4) is 0 Å². The van der Waals surface area contributed by atoms with Crippen LogP contribution in [0.5, 0.6) is 0 Å². The van der Waals surface area contributed by atoms with E-state index in [1.807, 2.05) is 6.20 Å². The van der Waals surface area contributed by atoms with Crippen LogP contribution in [0.15, 0.2) is 18.3 Å². The van der Waals surface area contributed by atoms with Crippen molar-refractivity contribution >= 4 is 5.82 Å². The van der Waals surface area contributed by atoms with Crippen molar-refractivity contribution in [1.82, 2.24) is 15.2 Å². The van der Waals surface area contributed by atoms with E-state index < -0.39 is 0 Å². The molecule has 104 valence electrons. The fourth-order valence-electron chi connectivity index (χ4n) is 2.55. The molecule has 1 aromatic rings. The number of pyridine rings is 1. The predicted molar refractivity (Wildman–Crippen MR) is 78.4 cm³/mol. The third-order valence-corrected chi connectivity index (χ3v) is 4.12. The zero-order valence-electron chi connectivity index (χ0n) is 11.8. The van der Waals surface area contributed by atoms with E-state index in [0.717, 1.165) is 51.1 Å². The molecule has 0 spiro atoms. The van der Waals surface area contributed by atoms with Crippen molar-refractivity contribution in [3.63, 3.8) is 0 Å². The summed E-state index contributed by atoms with van der Waals surface area (Å²) < 4.78 is 0. The Morgan fingerprint density at radius 3 is 2.58 bits per heavy atom. The van der Waals surface area contributed by atoms with Crippen molar-refractivity contribution in [3.05, 3.63) is 23.9 Å². The van der Waals surface area contributed by atoms with E-state index in [4.69, 9.17) is 0 Å². The largest absolute Gasteiger partial charge is 0.354 e. The number of piperazine rings is 1. The summed E-state index contributed by atoms with van der Waals surface area (Å²) in [6.45, 7) is 8.86. The molecule has 0 unspecified atom stereocenters. The van der Waals surface area contributed by atoms with Crippen LogP contribution in [0, 0.1) is 0 Å². The van der Waals surface area contributed by atoms with Crippen molar-refractivity contribution < 1.29 is 0 Å². The molecule has 1 aromatic heterocycles. The number of rotatable bonds is 5. The molecule has 0 bridgehead atoms. The zero-order chi connectivity index (χ0) is 13.1. The fraction of sp³-hybridized carbons (Fsp3) is 0.667. The topological polar surface area (TPSA) is 31.4 Å². The Labute approximate surface area is 115 Å². The van der Waals surface area contributed by atoms with Crippen molar-refractivity contribution in [1.29, 1.82) is 0 Å². The van der Waals surface area contributed by atoms with E-state index in [1.54, 1.807) is 0 Å². The summed E-state index contributed by atoms with van der Waals surface area (Å²) >= 11 is 0. The van der Waals surface area contributed by atoms with Gasteiger partial charge in [0.1, 0.15) is 5.82 Å². The minimum atomic E-state index is 0.766. The lowest BCUT2D eigenvalue weighted by Gasteiger charge is -2.34. The van der Waals surface area contributed by atoms with Gasteiger partial charge in [0.05, 0.1) is 0 Å². The summed E-state index contributed by atoms with van der Waals surface area (Å²) in [5, 5.41) is 3.53. The molecule has 1 N–H and O–H groups in total. The smallest absolute Gasteiger partial charge is 0.128 e. The number of nitrogens with zero attached hydrogens (tertiary/aromatic N) is 3. The first-order valence-electron chi connectivity index (χ1n) is 7.51. The molecule has 0 amide bonds. The van der Waals surface area contributed by atoms with Gasteiger partial charge in [-0.15, -0.1) is 0 Å². The SMILES string of the molecule is CCN1CCN(c2ccc(CNC3CC3)cn2)CC1. The van der Waals surface area contributed by atoms with Crippen LogP contribution >= 0.6 is 0 Å². The predicted octanol–water partition coefficient (Wildman–Crippen LogP) is 1.48. The second-order valence-electron chi connectivity index (χ2n) is 5.60. The van der Waals surface area contributed by atoms with Crippen molar-refractivity contribution in [2.75, 3.05) is 37.6 Å². The molecule has 2 aliphatic rings. The maximum Gasteiger partial charge on any atom is 0.128 e. The number of aromatic nitrogens is 1. The third kappa shape index (κ3) is 3.45. The lowest BCUT2D eigenvalue weighted by atomic mass is 10.2. The number of anilines is 1. The second kappa shape index (κ2) is 5.88. The second-order valence-corrected chi connectivity index (χ2v) is 5.60. The van der Waals surface area contributed by atoms with Crippen LogP contribution in [-0.4, -0.2) is 48.6 Å². The average molecular weight is 260 g/mol. The van der Waals surface area contributed by atoms with E-state index in [9.17, 15) is 0 Å². The average Bonchev–Trinajstić information content (AvgIpc) is 3.30. The first kappa shape index (κ1) is 12.9. The molecule has 3 rings (SSSR count). The quantitative estimate of drug-likeness (QED) is 0.869. The van der Waals surface area contributed by atoms with Crippen molar-refractivity contribution in [3.8, 4) is 0 Å². The Balaban J connectivity index is 1.53. The number of likely N-dealkylation sites (N-methyl/N-ethyl adjacent to an activating group) is 1. The lowest BCUT2D eigenvalue weighted by molar-refractivity contribution is 0.270. The summed E-state index contributed by atoms with van der Waals surface area (Å²) in [6.07, 6.45) is 4.71. The van der Waals surface area contributed by atoms with Gasteiger partial charge in [-0.3, -0.25) is 0 Å². The van der Waals surface area contributed by atoms with Gasteiger partial charge in [0, 0.05) is 45.0 Å². The van der Waals surface area contributed by atoms with Crippen LogP contribution < -0.4 is 10.2 Å². The first-order chi connectivity index (χ1) is 9.35. The molecular formula is C15H24N4. The molecule has 0 radical (unpaired) electrons. The van der Waals surface area contributed by atoms with Crippen LogP contribution in [0.1, 0.15) is 25.3 Å². The summed E-state index contributed by atoms with van der Waals surface area (Å²) in [7, 11) is 0. The molecular weight excluding hydrogens is 236 g/mol. The van der Waals surface area contributed by atoms with Crippen LogP contribution in [0.25, 0.3) is 0 Å². The van der Waals surface area contributed by atoms with E-state index >= 15 is 0 Å². The number of nitrogens with one attached hydrogen (secondary N) is 1. The maximum absolute atomic E-state index is 4.62. The maximum atomic E-state index is 4.62. The van der Waals surface area contributed by atoms with Crippen LogP contribution in [0.4, 0.5) is 5.82 Å². The monoisotopic (exact) mass is 260 g/mol. The Morgan fingerprint density at radius 1 is 1.21 bits per heavy atom. The molecule has 1 saturated heterocycles. The molecule has 1 aliphatic heterocycles. The van der Waals surface area contributed by atoms with Gasteiger partial charge in [0.15, 0.2) is 0 Å². The summed E-state index contributed by atoms with van der Waals surface area (Å²) in [5.74, 6) is 1.13. The molecule has 19 heavy (non-hydrogen) atoms. The highest BCUT2D eigenvalue weighted by Gasteiger charge is 2.20. The third-order valence-electron chi connectivity index (χ3n) is 4.12. The molecule has 2 fully saturated rings. The molecule has 4 heteroatoms. The Kier molecular flexibility index (Phi) is 3.99. The van der Waals surface area contributed by atoms with Gasteiger partial charge < -0.3 is 15.1 Å². The molecule has 2 heterocycles. The highest BCUT2D eigenvalue weighted by molar-refractivity contribution is 5.39. The molecule has 1 saturated carbocycles. The summed E-state index contributed by atoms with van der Waals surface area (Å²) in [6, 6.07) is 5.15. The lowest BCUT2D eigenvalue weighted by Crippen LogP contribution is -2.46. The summed E-state index contributed by atoms with van der Waals surface area (Å²) in [5.41, 5.74) is 1.29. The van der Waals surface area contributed by atoms with Gasteiger partial charge in [-0.2, -0.15) is 0 Å². The Hall–Kier alpha value is -1.13. The van der Waals surface area contributed by atoms with Crippen LogP contribution in [-0.2, 0) is 6.54 Å². The van der Waals surface area contributed by atoms with Crippen molar-refractivity contribution in [2.24, 2.45) is 0 Å². The minimum Gasteiger partial charge on any atom is -0.354 e. The van der Waals surface area contributed by atoms with Crippen molar-refractivity contribution in [2.45, 2.75) is 32.4 Å². The van der Waals surface area contributed by atoms with Gasteiger partial charge >= 0.3 is 0 Å². The highest BCUT2D eigenvalue weighted by Crippen LogP contribution is 2.19. The van der Waals surface area contributed by atoms with E-state index in [2.05, 4.69) is 39.2 Å². The first-order valence-corrected chi connectivity index (χ1v) is 7.51. The minimum absolute atomic E-state index is 0.766. The molecule has 4 nitrogen and oxygen atoms in total. The zero-order valence-corrected chi connectivity index (χ0v) is 11.8. The number of hydrogen-bond acceptors (Lipinski definition) is 4. The number of hydrogen-bond donors (Lipinski definition) is 1. The van der Waals surface area contributed by atoms with Gasteiger partial charge in [-0.05, 0) is 31.0 Å². The summed E-state index contributed by atoms with van der Waals surface area (Å²) in [4.78, 5) is 9.50. The van der Waals surface area contributed by atoms with Crippen LogP contribution in [0.2, 0.25) is 0 Å². The van der Waals surface area contributed by atoms with Gasteiger partial charge in [-0.1, -0.05) is 13.0 Å². The fourth-order valence-corrected chi connectivity index (χ4v) is 2.55. The normalized spacial score (nSPS) is 20.8. The van der Waals surface area contributed by atoms with Gasteiger partial charge in [-0.25, -0.2) is 4.98 Å². The molecule has 1 aliphatic carbocycles. The van der Waals surface area contributed by atoms with Gasteiger partial charge in [0.2, 0.25) is 0 Å². The van der Waals surface area contributed by atoms with Gasteiger partial charge in [0.25, 0.3) is 0 Å². The molecule has 0 atom stereocenters. The van der Waals surface area contributed by atoms with E-state index in [-0.39, 0.29) is 0 Å². The highest BCUT2D eigenvalue weighted by atomic mass is 15.3. The Morgan fingerprint density at radius 2 is 2.00 bits per heavy atom. The van der Waals surface area contributed by atoms with E-state index in [0.29, 0.717) is 0 Å². The van der Waals surface area contributed by atoms with E-state index in [1.165, 1.54) is 18.4 Å². The molecule has 0 aromatic carbocycles. The Bertz CT molecular complexity index is 391. The standard InChI is InChI=1S/C15H24N4/c1-2-18-7-9-19(10-8-18)15-6-3-13(12-17-15)11-16-14-4-5-14/h3,6,12,14,16H,2,4-5,7-11H2,1H3.